The number of nitrogens with zero attached hydrogens (tertiary/aromatic N) is 2. The molecule has 0 saturated carbocycles. The summed E-state index contributed by atoms with van der Waals surface area (Å²) in [4.78, 5) is 29.8. The number of urea groups is 1. The zero-order chi connectivity index (χ0) is 16.7. The molecule has 1 aromatic rings. The van der Waals surface area contributed by atoms with Gasteiger partial charge in [0.1, 0.15) is 0 Å². The van der Waals surface area contributed by atoms with Crippen LogP contribution in [0.2, 0.25) is 0 Å². The van der Waals surface area contributed by atoms with Gasteiger partial charge in [-0.05, 0) is 37.8 Å². The van der Waals surface area contributed by atoms with Gasteiger partial charge in [0, 0.05) is 37.1 Å². The Bertz CT molecular complexity index is 670. The van der Waals surface area contributed by atoms with Crippen LogP contribution in [0.15, 0.2) is 23.1 Å². The summed E-state index contributed by atoms with van der Waals surface area (Å²) in [5, 5.41) is 2.89. The molecular formula is C18H23N3O2S. The number of likely N-dealkylation sites (tertiary alicyclic amines) is 1. The summed E-state index contributed by atoms with van der Waals surface area (Å²) in [5.74, 6) is 0.262. The number of aryl methyl sites for hydroxylation is 1. The lowest BCUT2D eigenvalue weighted by molar-refractivity contribution is -0.131. The molecule has 0 spiro atoms. The van der Waals surface area contributed by atoms with E-state index in [0.717, 1.165) is 45.4 Å². The third kappa shape index (κ3) is 2.88. The molecule has 3 aliphatic heterocycles. The number of carbonyl (C=O) groups is 2. The maximum atomic E-state index is 12.9. The fourth-order valence-electron chi connectivity index (χ4n) is 3.91. The Morgan fingerprint density at radius 1 is 1.25 bits per heavy atom. The predicted octanol–water partition coefficient (Wildman–Crippen LogP) is 2.03. The maximum absolute atomic E-state index is 12.9. The number of nitrogens with one attached hydrogen (secondary N) is 1. The molecule has 4 rings (SSSR count). The molecule has 128 valence electrons. The molecule has 3 aliphatic rings. The highest BCUT2D eigenvalue weighted by molar-refractivity contribution is 8.01. The molecule has 1 N–H and O–H groups in total. The van der Waals surface area contributed by atoms with Crippen LogP contribution in [-0.2, 0) is 11.2 Å². The van der Waals surface area contributed by atoms with Crippen molar-refractivity contribution in [2.45, 2.75) is 42.4 Å². The molecule has 5 nitrogen and oxygen atoms in total. The summed E-state index contributed by atoms with van der Waals surface area (Å²) < 4.78 is 0. The molecule has 0 radical (unpaired) electrons. The van der Waals surface area contributed by atoms with Gasteiger partial charge < -0.3 is 15.1 Å². The molecule has 3 heterocycles. The Morgan fingerprint density at radius 3 is 2.75 bits per heavy atom. The number of carbonyl (C=O) groups excluding carboxylic acids is 2. The number of benzene rings is 1. The van der Waals surface area contributed by atoms with Gasteiger partial charge in [0.25, 0.3) is 0 Å². The second-order valence-corrected chi connectivity index (χ2v) is 8.15. The lowest BCUT2D eigenvalue weighted by Crippen LogP contribution is -2.49. The minimum Gasteiger partial charge on any atom is -0.342 e. The van der Waals surface area contributed by atoms with E-state index >= 15 is 0 Å². The van der Waals surface area contributed by atoms with Crippen molar-refractivity contribution in [3.05, 3.63) is 29.3 Å². The van der Waals surface area contributed by atoms with Crippen LogP contribution in [-0.4, -0.2) is 59.2 Å². The first-order valence-corrected chi connectivity index (χ1v) is 9.59. The number of rotatable bonds is 2. The maximum Gasteiger partial charge on any atom is 0.317 e. The fraction of sp³-hybridized carbons (Fsp3) is 0.556. The highest BCUT2D eigenvalue weighted by atomic mass is 32.2. The molecule has 1 aromatic carbocycles. The third-order valence-corrected chi connectivity index (χ3v) is 6.57. The van der Waals surface area contributed by atoms with Gasteiger partial charge in [-0.3, -0.25) is 4.79 Å². The van der Waals surface area contributed by atoms with Gasteiger partial charge in [0.05, 0.1) is 5.25 Å². The predicted molar refractivity (Wildman–Crippen MR) is 94.2 cm³/mol. The average molecular weight is 345 g/mol. The largest absolute Gasteiger partial charge is 0.342 e. The molecule has 3 amide bonds. The van der Waals surface area contributed by atoms with Gasteiger partial charge >= 0.3 is 6.03 Å². The zero-order valence-corrected chi connectivity index (χ0v) is 14.8. The van der Waals surface area contributed by atoms with E-state index in [1.807, 2.05) is 9.80 Å². The van der Waals surface area contributed by atoms with Crippen LogP contribution in [0.5, 0.6) is 0 Å². The minimum atomic E-state index is 0.0217. The number of amides is 3. The molecule has 2 saturated heterocycles. The number of hydrogen-bond donors (Lipinski definition) is 1. The second-order valence-electron chi connectivity index (χ2n) is 6.90. The van der Waals surface area contributed by atoms with Crippen molar-refractivity contribution in [3.63, 3.8) is 0 Å². The van der Waals surface area contributed by atoms with E-state index in [1.165, 1.54) is 16.0 Å². The minimum absolute atomic E-state index is 0.0217. The third-order valence-electron chi connectivity index (χ3n) is 5.28. The molecule has 0 bridgehead atoms. The highest BCUT2D eigenvalue weighted by Gasteiger charge is 2.36. The number of piperidine rings is 1. The fourth-order valence-corrected chi connectivity index (χ4v) is 5.28. The standard InChI is InChI=1S/C18H23N3O2S/c1-12-2-3-13-11-16(24-15(13)10-12)17(22)20-7-4-14(5-8-20)21-9-6-19-18(21)23/h2-3,10,14,16H,4-9,11H2,1H3,(H,19,23). The Balaban J connectivity index is 1.35. The Hall–Kier alpha value is -1.69. The van der Waals surface area contributed by atoms with Gasteiger partial charge in [-0.1, -0.05) is 17.7 Å². The lowest BCUT2D eigenvalue weighted by atomic mass is 10.0. The van der Waals surface area contributed by atoms with Crippen molar-refractivity contribution in [2.24, 2.45) is 0 Å². The summed E-state index contributed by atoms with van der Waals surface area (Å²) in [6, 6.07) is 6.80. The quantitative estimate of drug-likeness (QED) is 0.892. The summed E-state index contributed by atoms with van der Waals surface area (Å²) in [5.41, 5.74) is 2.55. The molecule has 6 heteroatoms. The molecule has 24 heavy (non-hydrogen) atoms. The topological polar surface area (TPSA) is 52.7 Å². The molecule has 2 fully saturated rings. The van der Waals surface area contributed by atoms with E-state index < -0.39 is 0 Å². The zero-order valence-electron chi connectivity index (χ0n) is 14.0. The van der Waals surface area contributed by atoms with Gasteiger partial charge in [-0.25, -0.2) is 4.79 Å². The first-order valence-electron chi connectivity index (χ1n) is 8.71. The van der Waals surface area contributed by atoms with E-state index in [-0.39, 0.29) is 23.2 Å². The van der Waals surface area contributed by atoms with Crippen LogP contribution in [0.1, 0.15) is 24.0 Å². The monoisotopic (exact) mass is 345 g/mol. The summed E-state index contributed by atoms with van der Waals surface area (Å²) in [6.45, 7) is 5.16. The van der Waals surface area contributed by atoms with Gasteiger partial charge in [-0.15, -0.1) is 11.8 Å². The number of hydrogen-bond acceptors (Lipinski definition) is 3. The van der Waals surface area contributed by atoms with E-state index in [2.05, 4.69) is 30.4 Å². The van der Waals surface area contributed by atoms with Crippen LogP contribution in [0.4, 0.5) is 4.79 Å². The molecule has 1 unspecified atom stereocenters. The number of fused-ring (bicyclic) bond motifs is 1. The van der Waals surface area contributed by atoms with Crippen molar-refractivity contribution in [2.75, 3.05) is 26.2 Å². The Morgan fingerprint density at radius 2 is 2.04 bits per heavy atom. The van der Waals surface area contributed by atoms with Gasteiger partial charge in [-0.2, -0.15) is 0 Å². The normalized spacial score (nSPS) is 24.2. The van der Waals surface area contributed by atoms with E-state index in [9.17, 15) is 9.59 Å². The van der Waals surface area contributed by atoms with Gasteiger partial charge in [0.2, 0.25) is 5.91 Å². The number of thioether (sulfide) groups is 1. The first-order chi connectivity index (χ1) is 11.6. The Kier molecular flexibility index (Phi) is 4.16. The van der Waals surface area contributed by atoms with Crippen molar-refractivity contribution in [1.82, 2.24) is 15.1 Å². The van der Waals surface area contributed by atoms with Crippen LogP contribution in [0.25, 0.3) is 0 Å². The van der Waals surface area contributed by atoms with E-state index in [0.29, 0.717) is 0 Å². The van der Waals surface area contributed by atoms with Crippen molar-refractivity contribution >= 4 is 23.7 Å². The van der Waals surface area contributed by atoms with Crippen molar-refractivity contribution < 1.29 is 9.59 Å². The lowest BCUT2D eigenvalue weighted by Gasteiger charge is -2.37. The van der Waals surface area contributed by atoms with Crippen LogP contribution >= 0.6 is 11.8 Å². The van der Waals surface area contributed by atoms with Crippen molar-refractivity contribution in [3.8, 4) is 0 Å². The van der Waals surface area contributed by atoms with E-state index in [4.69, 9.17) is 0 Å². The van der Waals surface area contributed by atoms with Crippen molar-refractivity contribution in [1.29, 1.82) is 0 Å². The molecular weight excluding hydrogens is 322 g/mol. The summed E-state index contributed by atoms with van der Waals surface area (Å²) in [6.07, 6.45) is 2.62. The molecule has 1 atom stereocenters. The smallest absolute Gasteiger partial charge is 0.317 e. The van der Waals surface area contributed by atoms with Crippen LogP contribution in [0, 0.1) is 6.92 Å². The van der Waals surface area contributed by atoms with Gasteiger partial charge in [0.15, 0.2) is 0 Å². The van der Waals surface area contributed by atoms with Crippen LogP contribution < -0.4 is 5.32 Å². The SMILES string of the molecule is Cc1ccc2c(c1)SC(C(=O)N1CCC(N3CCNC3=O)CC1)C2. The highest BCUT2D eigenvalue weighted by Crippen LogP contribution is 2.38. The van der Waals surface area contributed by atoms with E-state index in [1.54, 1.807) is 11.8 Å². The van der Waals surface area contributed by atoms with Crippen LogP contribution in [0.3, 0.4) is 0 Å². The summed E-state index contributed by atoms with van der Waals surface area (Å²) in [7, 11) is 0. The summed E-state index contributed by atoms with van der Waals surface area (Å²) >= 11 is 1.71. The molecule has 0 aromatic heterocycles. The average Bonchev–Trinajstić information content (AvgIpc) is 3.20. The second kappa shape index (κ2) is 6.31. The first kappa shape index (κ1) is 15.8. The Labute approximate surface area is 146 Å². The molecule has 0 aliphatic carbocycles.